The first-order valence-corrected chi connectivity index (χ1v) is 7.74. The van der Waals surface area contributed by atoms with Crippen molar-refractivity contribution in [1.82, 2.24) is 4.90 Å². The molecule has 1 saturated carbocycles. The van der Waals surface area contributed by atoms with E-state index in [0.717, 1.165) is 6.42 Å². The van der Waals surface area contributed by atoms with E-state index in [2.05, 4.69) is 0 Å². The van der Waals surface area contributed by atoms with Crippen molar-refractivity contribution in [3.8, 4) is 0 Å². The van der Waals surface area contributed by atoms with Crippen molar-refractivity contribution in [2.24, 2.45) is 17.8 Å². The summed E-state index contributed by atoms with van der Waals surface area (Å²) >= 11 is 6.16. The van der Waals surface area contributed by atoms with Gasteiger partial charge in [-0.25, -0.2) is 0 Å². The first-order chi connectivity index (χ1) is 9.30. The van der Waals surface area contributed by atoms with Gasteiger partial charge in [0.15, 0.2) is 0 Å². The molecule has 1 aliphatic carbocycles. The van der Waals surface area contributed by atoms with Gasteiger partial charge in [0.2, 0.25) is 5.91 Å². The molecule has 0 bridgehead atoms. The van der Waals surface area contributed by atoms with Crippen molar-refractivity contribution in [3.63, 3.8) is 0 Å². The third-order valence-electron chi connectivity index (χ3n) is 4.68. The zero-order valence-electron chi connectivity index (χ0n) is 11.6. The maximum Gasteiger partial charge on any atom is 0.392 e. The molecule has 2 aliphatic rings. The molecule has 2 fully saturated rings. The van der Waals surface area contributed by atoms with Gasteiger partial charge in [-0.2, -0.15) is 13.2 Å². The van der Waals surface area contributed by atoms with E-state index in [-0.39, 0.29) is 17.7 Å². The van der Waals surface area contributed by atoms with Gasteiger partial charge in [-0.1, -0.05) is 19.8 Å². The summed E-state index contributed by atoms with van der Waals surface area (Å²) < 4.78 is 39.2. The minimum atomic E-state index is -4.27. The molecule has 1 saturated heterocycles. The molecule has 1 aliphatic heterocycles. The van der Waals surface area contributed by atoms with Crippen LogP contribution in [-0.4, -0.2) is 35.4 Å². The van der Waals surface area contributed by atoms with E-state index >= 15 is 0 Å². The van der Waals surface area contributed by atoms with Crippen LogP contribution in [0.4, 0.5) is 13.2 Å². The molecule has 0 spiro atoms. The average molecular weight is 312 g/mol. The average Bonchev–Trinajstić information content (AvgIpc) is 2.40. The zero-order chi connectivity index (χ0) is 14.9. The Hall–Kier alpha value is -0.450. The molecule has 6 heteroatoms. The predicted octanol–water partition coefficient (Wildman–Crippen LogP) is 3.83. The lowest BCUT2D eigenvalue weighted by Crippen LogP contribution is -2.49. The number of halogens is 4. The fourth-order valence-corrected chi connectivity index (χ4v) is 3.57. The number of likely N-dealkylation sites (tertiary alicyclic amines) is 1. The van der Waals surface area contributed by atoms with E-state index in [1.165, 1.54) is 0 Å². The molecular weight excluding hydrogens is 291 g/mol. The van der Waals surface area contributed by atoms with Gasteiger partial charge in [0.25, 0.3) is 0 Å². The third kappa shape index (κ3) is 3.41. The minimum Gasteiger partial charge on any atom is -0.341 e. The van der Waals surface area contributed by atoms with Gasteiger partial charge in [0.05, 0.1) is 11.3 Å². The van der Waals surface area contributed by atoms with Gasteiger partial charge >= 0.3 is 6.18 Å². The van der Waals surface area contributed by atoms with E-state index in [4.69, 9.17) is 11.6 Å². The van der Waals surface area contributed by atoms with Gasteiger partial charge < -0.3 is 4.90 Å². The zero-order valence-corrected chi connectivity index (χ0v) is 12.4. The summed E-state index contributed by atoms with van der Waals surface area (Å²) in [6.07, 6.45) is -1.81. The fraction of sp³-hybridized carbons (Fsp3) is 0.929. The molecule has 4 unspecified atom stereocenters. The van der Waals surface area contributed by atoms with Crippen LogP contribution < -0.4 is 0 Å². The molecule has 0 aromatic rings. The summed E-state index contributed by atoms with van der Waals surface area (Å²) in [5, 5.41) is -0.152. The Morgan fingerprint density at radius 3 is 2.45 bits per heavy atom. The molecular formula is C14H21ClF3NO. The van der Waals surface area contributed by atoms with Crippen LogP contribution in [0, 0.1) is 17.8 Å². The van der Waals surface area contributed by atoms with E-state index < -0.39 is 18.0 Å². The SMILES string of the molecule is CC1CCN(C(=O)C2CCCCC2C(F)(F)F)CC1Cl. The second-order valence-electron chi connectivity index (χ2n) is 6.11. The number of rotatable bonds is 1. The number of carbonyl (C=O) groups excluding carboxylic acids is 1. The standard InChI is InChI=1S/C14H21ClF3NO/c1-9-6-7-19(8-12(9)15)13(20)10-4-2-3-5-11(10)14(16,17)18/h9-12H,2-8H2,1H3. The van der Waals surface area contributed by atoms with Crippen LogP contribution in [0.5, 0.6) is 0 Å². The number of carbonyl (C=O) groups is 1. The number of nitrogens with zero attached hydrogens (tertiary/aromatic N) is 1. The van der Waals surface area contributed by atoms with Gasteiger partial charge in [-0.15, -0.1) is 11.6 Å². The second-order valence-corrected chi connectivity index (χ2v) is 6.67. The first-order valence-electron chi connectivity index (χ1n) is 7.30. The number of piperidine rings is 1. The molecule has 2 rings (SSSR count). The monoisotopic (exact) mass is 311 g/mol. The second kappa shape index (κ2) is 6.12. The molecule has 116 valence electrons. The molecule has 2 nitrogen and oxygen atoms in total. The van der Waals surface area contributed by atoms with Crippen LogP contribution in [0.2, 0.25) is 0 Å². The number of alkyl halides is 4. The maximum absolute atomic E-state index is 13.1. The summed E-state index contributed by atoms with van der Waals surface area (Å²) in [6.45, 7) is 2.92. The highest BCUT2D eigenvalue weighted by Gasteiger charge is 2.49. The van der Waals surface area contributed by atoms with Crippen LogP contribution in [0.3, 0.4) is 0 Å². The Morgan fingerprint density at radius 1 is 1.20 bits per heavy atom. The van der Waals surface area contributed by atoms with Crippen LogP contribution >= 0.6 is 11.6 Å². The van der Waals surface area contributed by atoms with E-state index in [1.807, 2.05) is 6.92 Å². The molecule has 1 heterocycles. The largest absolute Gasteiger partial charge is 0.392 e. The normalized spacial score (nSPS) is 36.0. The molecule has 1 amide bonds. The van der Waals surface area contributed by atoms with Gasteiger partial charge in [-0.05, 0) is 25.2 Å². The van der Waals surface area contributed by atoms with Crippen LogP contribution in [-0.2, 0) is 4.79 Å². The molecule has 20 heavy (non-hydrogen) atoms. The smallest absolute Gasteiger partial charge is 0.341 e. The first kappa shape index (κ1) is 15.9. The number of amides is 1. The van der Waals surface area contributed by atoms with Crippen LogP contribution in [0.25, 0.3) is 0 Å². The molecule has 0 radical (unpaired) electrons. The highest BCUT2D eigenvalue weighted by Crippen LogP contribution is 2.42. The summed E-state index contributed by atoms with van der Waals surface area (Å²) in [5.41, 5.74) is 0. The Kier molecular flexibility index (Phi) is 4.88. The van der Waals surface area contributed by atoms with Crippen molar-refractivity contribution in [3.05, 3.63) is 0 Å². The van der Waals surface area contributed by atoms with Crippen molar-refractivity contribution >= 4 is 17.5 Å². The Balaban J connectivity index is 2.06. The molecule has 0 N–H and O–H groups in total. The summed E-state index contributed by atoms with van der Waals surface area (Å²) in [4.78, 5) is 14.0. The van der Waals surface area contributed by atoms with E-state index in [1.54, 1.807) is 4.90 Å². The molecule has 4 atom stereocenters. The Labute approximate surface area is 122 Å². The van der Waals surface area contributed by atoms with Crippen LogP contribution in [0.1, 0.15) is 39.0 Å². The van der Waals surface area contributed by atoms with Gasteiger partial charge in [0, 0.05) is 19.0 Å². The van der Waals surface area contributed by atoms with Crippen LogP contribution in [0.15, 0.2) is 0 Å². The third-order valence-corrected chi connectivity index (χ3v) is 5.25. The maximum atomic E-state index is 13.1. The van der Waals surface area contributed by atoms with E-state index in [0.29, 0.717) is 38.3 Å². The fourth-order valence-electron chi connectivity index (χ4n) is 3.27. The lowest BCUT2D eigenvalue weighted by Gasteiger charge is -2.39. The summed E-state index contributed by atoms with van der Waals surface area (Å²) in [7, 11) is 0. The summed E-state index contributed by atoms with van der Waals surface area (Å²) in [5.74, 6) is -2.41. The topological polar surface area (TPSA) is 20.3 Å². The Bertz CT molecular complexity index is 361. The van der Waals surface area contributed by atoms with Crippen molar-refractivity contribution in [2.45, 2.75) is 50.6 Å². The lowest BCUT2D eigenvalue weighted by molar-refractivity contribution is -0.201. The predicted molar refractivity (Wildman–Crippen MR) is 71.5 cm³/mol. The number of hydrogen-bond donors (Lipinski definition) is 0. The summed E-state index contributed by atoms with van der Waals surface area (Å²) in [6, 6.07) is 0. The van der Waals surface area contributed by atoms with Crippen molar-refractivity contribution in [2.75, 3.05) is 13.1 Å². The van der Waals surface area contributed by atoms with Gasteiger partial charge in [-0.3, -0.25) is 4.79 Å². The number of hydrogen-bond acceptors (Lipinski definition) is 1. The lowest BCUT2D eigenvalue weighted by atomic mass is 9.77. The highest BCUT2D eigenvalue weighted by atomic mass is 35.5. The quantitative estimate of drug-likeness (QED) is 0.674. The van der Waals surface area contributed by atoms with Crippen molar-refractivity contribution < 1.29 is 18.0 Å². The molecule has 0 aromatic carbocycles. The highest BCUT2D eigenvalue weighted by molar-refractivity contribution is 6.21. The van der Waals surface area contributed by atoms with Gasteiger partial charge in [0.1, 0.15) is 0 Å². The minimum absolute atomic E-state index is 0.0778. The van der Waals surface area contributed by atoms with E-state index in [9.17, 15) is 18.0 Å². The Morgan fingerprint density at radius 2 is 1.85 bits per heavy atom. The van der Waals surface area contributed by atoms with Crippen molar-refractivity contribution in [1.29, 1.82) is 0 Å². The molecule has 0 aromatic heterocycles.